The lowest BCUT2D eigenvalue weighted by molar-refractivity contribution is -0.132. The minimum Gasteiger partial charge on any atom is -0.379 e. The summed E-state index contributed by atoms with van der Waals surface area (Å²) in [6.07, 6.45) is 3.81. The SMILES string of the molecule is NC(=O)c1ccc2ncn(CCOCCC(=O)N3CCN(c4ncc5ccccc5n4)CC3)c2n1. The molecule has 1 aliphatic heterocycles. The highest BCUT2D eigenvalue weighted by molar-refractivity contribution is 5.92. The van der Waals surface area contributed by atoms with Gasteiger partial charge in [-0.1, -0.05) is 18.2 Å². The topological polar surface area (TPSA) is 132 Å². The standard InChI is InChI=1S/C24H26N8O3/c25-22(34)19-5-6-20-23(28-19)32(16-27-20)12-14-35-13-7-21(33)30-8-10-31(11-9-30)24-26-15-17-3-1-2-4-18(17)29-24/h1-6,15-16H,7-14H2,(H2,25,34). The van der Waals surface area contributed by atoms with E-state index in [0.29, 0.717) is 69.5 Å². The Kier molecular flexibility index (Phi) is 6.49. The number of hydrogen-bond acceptors (Lipinski definition) is 8. The molecule has 4 heterocycles. The van der Waals surface area contributed by atoms with Crippen molar-refractivity contribution in [1.82, 2.24) is 29.4 Å². The van der Waals surface area contributed by atoms with Crippen LogP contribution in [-0.4, -0.2) is 80.6 Å². The quantitative estimate of drug-likeness (QED) is 0.377. The van der Waals surface area contributed by atoms with Crippen LogP contribution in [0.4, 0.5) is 5.95 Å². The van der Waals surface area contributed by atoms with E-state index >= 15 is 0 Å². The monoisotopic (exact) mass is 474 g/mol. The Hall–Kier alpha value is -4.12. The van der Waals surface area contributed by atoms with Crippen LogP contribution in [0.25, 0.3) is 22.1 Å². The molecular formula is C24H26N8O3. The summed E-state index contributed by atoms with van der Waals surface area (Å²) in [5, 5.41) is 1.01. The van der Waals surface area contributed by atoms with E-state index in [-0.39, 0.29) is 11.6 Å². The third-order valence-corrected chi connectivity index (χ3v) is 6.04. The van der Waals surface area contributed by atoms with Gasteiger partial charge in [-0.2, -0.15) is 0 Å². The molecule has 2 amide bonds. The molecule has 0 aliphatic carbocycles. The Morgan fingerprint density at radius 1 is 0.943 bits per heavy atom. The van der Waals surface area contributed by atoms with Crippen molar-refractivity contribution in [2.75, 3.05) is 44.3 Å². The Balaban J connectivity index is 1.06. The third-order valence-electron chi connectivity index (χ3n) is 6.04. The summed E-state index contributed by atoms with van der Waals surface area (Å²) in [7, 11) is 0. The van der Waals surface area contributed by atoms with Gasteiger partial charge in [-0.15, -0.1) is 0 Å². The van der Waals surface area contributed by atoms with Crippen LogP contribution in [0.3, 0.4) is 0 Å². The maximum atomic E-state index is 12.6. The number of anilines is 1. The number of para-hydroxylation sites is 1. The summed E-state index contributed by atoms with van der Waals surface area (Å²) in [6.45, 7) is 3.88. The number of nitrogens with two attached hydrogens (primary N) is 1. The van der Waals surface area contributed by atoms with Gasteiger partial charge in [-0.3, -0.25) is 9.59 Å². The second-order valence-corrected chi connectivity index (χ2v) is 8.30. The van der Waals surface area contributed by atoms with Crippen LogP contribution in [0.15, 0.2) is 48.9 Å². The van der Waals surface area contributed by atoms with Crippen molar-refractivity contribution in [2.45, 2.75) is 13.0 Å². The summed E-state index contributed by atoms with van der Waals surface area (Å²) >= 11 is 0. The van der Waals surface area contributed by atoms with E-state index in [1.807, 2.05) is 35.4 Å². The summed E-state index contributed by atoms with van der Waals surface area (Å²) in [5.41, 5.74) is 7.68. The normalized spacial score (nSPS) is 14.1. The van der Waals surface area contributed by atoms with Crippen LogP contribution in [0.5, 0.6) is 0 Å². The van der Waals surface area contributed by atoms with Gasteiger partial charge >= 0.3 is 0 Å². The summed E-state index contributed by atoms with van der Waals surface area (Å²) in [6, 6.07) is 11.2. The van der Waals surface area contributed by atoms with Crippen LogP contribution in [-0.2, 0) is 16.1 Å². The minimum atomic E-state index is -0.583. The lowest BCUT2D eigenvalue weighted by atomic mass is 10.2. The average molecular weight is 475 g/mol. The molecule has 11 heteroatoms. The molecule has 1 aliphatic rings. The Labute approximate surface area is 201 Å². The number of carbonyl (C=O) groups excluding carboxylic acids is 2. The third kappa shape index (κ3) is 5.04. The predicted molar refractivity (Wildman–Crippen MR) is 130 cm³/mol. The number of pyridine rings is 1. The molecule has 2 N–H and O–H groups in total. The molecule has 3 aromatic heterocycles. The van der Waals surface area contributed by atoms with Gasteiger partial charge in [0.15, 0.2) is 5.65 Å². The lowest BCUT2D eigenvalue weighted by Crippen LogP contribution is -2.49. The molecule has 0 spiro atoms. The first kappa shape index (κ1) is 22.7. The fraction of sp³-hybridized carbons (Fsp3) is 0.333. The van der Waals surface area contributed by atoms with Crippen molar-refractivity contribution >= 4 is 39.8 Å². The molecule has 0 atom stereocenters. The van der Waals surface area contributed by atoms with Gasteiger partial charge < -0.3 is 24.8 Å². The van der Waals surface area contributed by atoms with Gasteiger partial charge in [-0.25, -0.2) is 19.9 Å². The molecule has 35 heavy (non-hydrogen) atoms. The van der Waals surface area contributed by atoms with Crippen LogP contribution in [0.1, 0.15) is 16.9 Å². The number of carbonyl (C=O) groups is 2. The maximum Gasteiger partial charge on any atom is 0.267 e. The molecule has 0 radical (unpaired) electrons. The van der Waals surface area contributed by atoms with E-state index < -0.39 is 5.91 Å². The number of imidazole rings is 1. The van der Waals surface area contributed by atoms with Gasteiger partial charge in [0.05, 0.1) is 31.5 Å². The Morgan fingerprint density at radius 2 is 1.77 bits per heavy atom. The highest BCUT2D eigenvalue weighted by Gasteiger charge is 2.22. The number of hydrogen-bond donors (Lipinski definition) is 1. The van der Waals surface area contributed by atoms with Crippen molar-refractivity contribution in [3.63, 3.8) is 0 Å². The van der Waals surface area contributed by atoms with Gasteiger partial charge in [0.2, 0.25) is 11.9 Å². The van der Waals surface area contributed by atoms with E-state index in [1.54, 1.807) is 23.0 Å². The van der Waals surface area contributed by atoms with Gasteiger partial charge in [0.25, 0.3) is 5.91 Å². The first-order chi connectivity index (χ1) is 17.1. The maximum absolute atomic E-state index is 12.6. The summed E-state index contributed by atoms with van der Waals surface area (Å²) in [4.78, 5) is 45.6. The molecule has 1 fully saturated rings. The van der Waals surface area contributed by atoms with E-state index in [0.717, 1.165) is 10.9 Å². The molecule has 0 saturated carbocycles. The molecule has 1 aromatic carbocycles. The molecule has 11 nitrogen and oxygen atoms in total. The molecule has 4 aromatic rings. The highest BCUT2D eigenvalue weighted by atomic mass is 16.5. The van der Waals surface area contributed by atoms with Crippen LogP contribution in [0.2, 0.25) is 0 Å². The molecule has 0 bridgehead atoms. The molecule has 5 rings (SSSR count). The van der Waals surface area contributed by atoms with E-state index in [2.05, 4.69) is 24.8 Å². The zero-order valence-electron chi connectivity index (χ0n) is 19.2. The second kappa shape index (κ2) is 10.0. The second-order valence-electron chi connectivity index (χ2n) is 8.30. The first-order valence-corrected chi connectivity index (χ1v) is 11.5. The highest BCUT2D eigenvalue weighted by Crippen LogP contribution is 2.17. The predicted octanol–water partition coefficient (Wildman–Crippen LogP) is 1.23. The number of nitrogens with zero attached hydrogens (tertiary/aromatic N) is 7. The van der Waals surface area contributed by atoms with Gasteiger partial charge in [0, 0.05) is 44.3 Å². The van der Waals surface area contributed by atoms with Crippen LogP contribution in [0, 0.1) is 0 Å². The number of fused-ring (bicyclic) bond motifs is 2. The number of piperazine rings is 1. The van der Waals surface area contributed by atoms with Crippen LogP contribution < -0.4 is 10.6 Å². The smallest absolute Gasteiger partial charge is 0.267 e. The largest absolute Gasteiger partial charge is 0.379 e. The van der Waals surface area contributed by atoms with Crippen LogP contribution >= 0.6 is 0 Å². The average Bonchev–Trinajstić information content (AvgIpc) is 3.30. The van der Waals surface area contributed by atoms with Crippen molar-refractivity contribution < 1.29 is 14.3 Å². The summed E-state index contributed by atoms with van der Waals surface area (Å²) in [5.74, 6) is 0.188. The lowest BCUT2D eigenvalue weighted by Gasteiger charge is -2.34. The fourth-order valence-corrected chi connectivity index (χ4v) is 4.09. The Morgan fingerprint density at radius 3 is 2.60 bits per heavy atom. The summed E-state index contributed by atoms with van der Waals surface area (Å²) < 4.78 is 7.48. The molecular weight excluding hydrogens is 448 g/mol. The van der Waals surface area contributed by atoms with Crippen molar-refractivity contribution in [1.29, 1.82) is 0 Å². The number of ether oxygens (including phenoxy) is 1. The molecule has 1 saturated heterocycles. The molecule has 0 unspecified atom stereocenters. The number of amides is 2. The van der Waals surface area contributed by atoms with E-state index in [9.17, 15) is 9.59 Å². The number of aromatic nitrogens is 5. The van der Waals surface area contributed by atoms with Crippen molar-refractivity contribution in [3.8, 4) is 0 Å². The number of primary amides is 1. The first-order valence-electron chi connectivity index (χ1n) is 11.5. The van der Waals surface area contributed by atoms with E-state index in [1.165, 1.54) is 0 Å². The number of benzene rings is 1. The fourth-order valence-electron chi connectivity index (χ4n) is 4.09. The van der Waals surface area contributed by atoms with E-state index in [4.69, 9.17) is 10.5 Å². The zero-order valence-corrected chi connectivity index (χ0v) is 19.2. The Bertz CT molecular complexity index is 1360. The zero-order chi connectivity index (χ0) is 24.2. The van der Waals surface area contributed by atoms with Gasteiger partial charge in [-0.05, 0) is 18.2 Å². The van der Waals surface area contributed by atoms with Crippen molar-refractivity contribution in [2.24, 2.45) is 5.73 Å². The van der Waals surface area contributed by atoms with Gasteiger partial charge in [0.1, 0.15) is 11.2 Å². The number of rotatable bonds is 8. The van der Waals surface area contributed by atoms with Crippen molar-refractivity contribution in [3.05, 3.63) is 54.6 Å². The minimum absolute atomic E-state index is 0.0740. The molecule has 180 valence electrons.